The summed E-state index contributed by atoms with van der Waals surface area (Å²) in [7, 11) is 6.53. The molecule has 1 aromatic heterocycles. The van der Waals surface area contributed by atoms with Gasteiger partial charge in [-0.25, -0.2) is 4.68 Å². The first-order valence-corrected chi connectivity index (χ1v) is 9.67. The van der Waals surface area contributed by atoms with E-state index in [1.807, 2.05) is 53.3 Å². The molecule has 7 nitrogen and oxygen atoms in total. The van der Waals surface area contributed by atoms with Gasteiger partial charge >= 0.3 is 0 Å². The number of para-hydroxylation sites is 1. The summed E-state index contributed by atoms with van der Waals surface area (Å²) in [5.41, 5.74) is 2.91. The van der Waals surface area contributed by atoms with Crippen LogP contribution < -0.4 is 14.2 Å². The number of methoxy groups -OCH3 is 3. The molecule has 0 radical (unpaired) electrons. The van der Waals surface area contributed by atoms with E-state index in [-0.39, 0.29) is 5.91 Å². The van der Waals surface area contributed by atoms with Crippen LogP contribution in [0.2, 0.25) is 0 Å². The van der Waals surface area contributed by atoms with Crippen molar-refractivity contribution in [2.75, 3.05) is 28.4 Å². The molecule has 0 unspecified atom stereocenters. The minimum atomic E-state index is 0.0520. The number of ether oxygens (including phenoxy) is 3. The molecular formula is C23H27N3O4. The number of carbonyl (C=O) groups is 1. The van der Waals surface area contributed by atoms with Crippen molar-refractivity contribution >= 4 is 5.91 Å². The third-order valence-corrected chi connectivity index (χ3v) is 4.85. The number of benzene rings is 2. The molecule has 1 amide bonds. The molecule has 0 fully saturated rings. The van der Waals surface area contributed by atoms with Gasteiger partial charge in [0.15, 0.2) is 11.5 Å². The van der Waals surface area contributed by atoms with Crippen LogP contribution in [0.5, 0.6) is 17.2 Å². The molecule has 158 valence electrons. The average molecular weight is 409 g/mol. The van der Waals surface area contributed by atoms with Crippen LogP contribution in [-0.2, 0) is 17.8 Å². The van der Waals surface area contributed by atoms with E-state index in [0.717, 1.165) is 16.8 Å². The van der Waals surface area contributed by atoms with Crippen LogP contribution in [0.4, 0.5) is 0 Å². The molecule has 3 aromatic rings. The highest BCUT2D eigenvalue weighted by Gasteiger charge is 2.15. The van der Waals surface area contributed by atoms with E-state index < -0.39 is 0 Å². The summed E-state index contributed by atoms with van der Waals surface area (Å²) in [6.07, 6.45) is 4.68. The van der Waals surface area contributed by atoms with E-state index in [9.17, 15) is 4.79 Å². The molecule has 2 aromatic carbocycles. The van der Waals surface area contributed by atoms with Gasteiger partial charge in [0.05, 0.1) is 33.2 Å². The van der Waals surface area contributed by atoms with Crippen molar-refractivity contribution in [3.05, 3.63) is 66.0 Å². The van der Waals surface area contributed by atoms with Crippen molar-refractivity contribution in [3.8, 4) is 22.9 Å². The second kappa shape index (κ2) is 9.82. The molecule has 30 heavy (non-hydrogen) atoms. The van der Waals surface area contributed by atoms with Gasteiger partial charge in [-0.15, -0.1) is 0 Å². The van der Waals surface area contributed by atoms with E-state index in [4.69, 9.17) is 14.2 Å². The van der Waals surface area contributed by atoms with Crippen molar-refractivity contribution in [2.24, 2.45) is 0 Å². The topological polar surface area (TPSA) is 65.8 Å². The molecular weight excluding hydrogens is 382 g/mol. The summed E-state index contributed by atoms with van der Waals surface area (Å²) in [5, 5.41) is 4.39. The number of nitrogens with zero attached hydrogens (tertiary/aromatic N) is 3. The molecule has 1 heterocycles. The second-order valence-electron chi connectivity index (χ2n) is 6.91. The lowest BCUT2D eigenvalue weighted by molar-refractivity contribution is -0.130. The Morgan fingerprint density at radius 1 is 1.00 bits per heavy atom. The highest BCUT2D eigenvalue weighted by atomic mass is 16.5. The van der Waals surface area contributed by atoms with Gasteiger partial charge < -0.3 is 19.1 Å². The number of amides is 1. The average Bonchev–Trinajstić information content (AvgIpc) is 3.25. The highest BCUT2D eigenvalue weighted by molar-refractivity contribution is 5.76. The lowest BCUT2D eigenvalue weighted by atomic mass is 10.1. The number of rotatable bonds is 9. The zero-order valence-electron chi connectivity index (χ0n) is 17.8. The molecule has 3 rings (SSSR count). The number of hydrogen-bond acceptors (Lipinski definition) is 5. The van der Waals surface area contributed by atoms with E-state index >= 15 is 0 Å². The van der Waals surface area contributed by atoms with Crippen molar-refractivity contribution in [2.45, 2.75) is 19.4 Å². The number of aromatic nitrogens is 2. The van der Waals surface area contributed by atoms with E-state index in [1.54, 1.807) is 39.5 Å². The Morgan fingerprint density at radius 2 is 1.67 bits per heavy atom. The van der Waals surface area contributed by atoms with Crippen LogP contribution in [0, 0.1) is 0 Å². The summed E-state index contributed by atoms with van der Waals surface area (Å²) in [6.45, 7) is 0.501. The normalized spacial score (nSPS) is 10.5. The Bertz CT molecular complexity index is 960. The quantitative estimate of drug-likeness (QED) is 0.541. The third kappa shape index (κ3) is 4.92. The minimum absolute atomic E-state index is 0.0520. The maximum atomic E-state index is 12.6. The standard InChI is InChI=1S/C23H27N3O4/c1-25(15-18-14-24-26(16-18)19-8-6-5-7-9-19)22(27)11-10-17-12-20(28-2)23(30-4)21(13-17)29-3/h5-9,12-14,16H,10-11,15H2,1-4H3. The van der Waals surface area contributed by atoms with Gasteiger partial charge in [0, 0.05) is 31.8 Å². The molecule has 0 saturated carbocycles. The van der Waals surface area contributed by atoms with Crippen molar-refractivity contribution in [1.82, 2.24) is 14.7 Å². The molecule has 0 spiro atoms. The fraction of sp³-hybridized carbons (Fsp3) is 0.304. The zero-order valence-corrected chi connectivity index (χ0v) is 17.8. The second-order valence-corrected chi connectivity index (χ2v) is 6.91. The van der Waals surface area contributed by atoms with Gasteiger partial charge in [0.25, 0.3) is 0 Å². The predicted octanol–water partition coefficient (Wildman–Crippen LogP) is 3.49. The lowest BCUT2D eigenvalue weighted by Crippen LogP contribution is -2.26. The van der Waals surface area contributed by atoms with Crippen LogP contribution in [0.15, 0.2) is 54.9 Å². The van der Waals surface area contributed by atoms with E-state index in [1.165, 1.54) is 0 Å². The largest absolute Gasteiger partial charge is 0.493 e. The van der Waals surface area contributed by atoms with Crippen LogP contribution >= 0.6 is 0 Å². The van der Waals surface area contributed by atoms with Crippen LogP contribution in [0.25, 0.3) is 5.69 Å². The zero-order chi connectivity index (χ0) is 21.5. The van der Waals surface area contributed by atoms with Gasteiger partial charge in [-0.05, 0) is 36.2 Å². The first-order chi connectivity index (χ1) is 14.5. The summed E-state index contributed by atoms with van der Waals surface area (Å²) < 4.78 is 17.9. The number of hydrogen-bond donors (Lipinski definition) is 0. The fourth-order valence-electron chi connectivity index (χ4n) is 3.25. The summed E-state index contributed by atoms with van der Waals surface area (Å²) in [6, 6.07) is 13.6. The lowest BCUT2D eigenvalue weighted by Gasteiger charge is -2.17. The van der Waals surface area contributed by atoms with Gasteiger partial charge in [0.1, 0.15) is 0 Å². The molecule has 0 aliphatic rings. The van der Waals surface area contributed by atoms with Gasteiger partial charge in [-0.3, -0.25) is 4.79 Å². The smallest absolute Gasteiger partial charge is 0.222 e. The molecule has 0 aliphatic heterocycles. The predicted molar refractivity (Wildman–Crippen MR) is 114 cm³/mol. The summed E-state index contributed by atoms with van der Waals surface area (Å²) in [4.78, 5) is 14.4. The first kappa shape index (κ1) is 21.2. The Morgan fingerprint density at radius 3 is 2.27 bits per heavy atom. The summed E-state index contributed by atoms with van der Waals surface area (Å²) >= 11 is 0. The Kier molecular flexibility index (Phi) is 6.95. The fourth-order valence-corrected chi connectivity index (χ4v) is 3.25. The van der Waals surface area contributed by atoms with Gasteiger partial charge in [0.2, 0.25) is 11.7 Å². The SMILES string of the molecule is COc1cc(CCC(=O)N(C)Cc2cnn(-c3ccccc3)c2)cc(OC)c1OC. The van der Waals surface area contributed by atoms with Crippen LogP contribution in [0.3, 0.4) is 0 Å². The van der Waals surface area contributed by atoms with Crippen molar-refractivity contribution in [1.29, 1.82) is 0 Å². The van der Waals surface area contributed by atoms with Crippen LogP contribution in [-0.4, -0.2) is 49.0 Å². The number of carbonyl (C=O) groups excluding carboxylic acids is 1. The molecule has 0 atom stereocenters. The third-order valence-electron chi connectivity index (χ3n) is 4.85. The van der Waals surface area contributed by atoms with E-state index in [2.05, 4.69) is 5.10 Å². The maximum absolute atomic E-state index is 12.6. The maximum Gasteiger partial charge on any atom is 0.222 e. The van der Waals surface area contributed by atoms with Crippen molar-refractivity contribution in [3.63, 3.8) is 0 Å². The Hall–Kier alpha value is -3.48. The highest BCUT2D eigenvalue weighted by Crippen LogP contribution is 2.38. The molecule has 7 heteroatoms. The van der Waals surface area contributed by atoms with Crippen LogP contribution in [0.1, 0.15) is 17.5 Å². The molecule has 0 saturated heterocycles. The molecule has 0 N–H and O–H groups in total. The van der Waals surface area contributed by atoms with Crippen molar-refractivity contribution < 1.29 is 19.0 Å². The van der Waals surface area contributed by atoms with Gasteiger partial charge in [-0.1, -0.05) is 18.2 Å². The first-order valence-electron chi connectivity index (χ1n) is 9.67. The minimum Gasteiger partial charge on any atom is -0.493 e. The Labute approximate surface area is 176 Å². The summed E-state index contributed by atoms with van der Waals surface area (Å²) in [5.74, 6) is 1.76. The Balaban J connectivity index is 1.61. The van der Waals surface area contributed by atoms with E-state index in [0.29, 0.717) is 36.6 Å². The molecule has 0 aliphatic carbocycles. The number of aryl methyl sites for hydroxylation is 1. The monoisotopic (exact) mass is 409 g/mol. The molecule has 0 bridgehead atoms. The van der Waals surface area contributed by atoms with Gasteiger partial charge in [-0.2, -0.15) is 5.10 Å².